The van der Waals surface area contributed by atoms with Crippen molar-refractivity contribution in [1.29, 1.82) is 0 Å². The molecule has 9 nitrogen and oxygen atoms in total. The number of halogens is 2. The maximum absolute atomic E-state index is 14.5. The molecule has 3 aromatic carbocycles. The van der Waals surface area contributed by atoms with E-state index in [4.69, 9.17) is 32.7 Å². The number of ether oxygens (including phenoxy) is 2. The Balaban J connectivity index is 1.48. The van der Waals surface area contributed by atoms with Crippen molar-refractivity contribution >= 4 is 46.5 Å². The van der Waals surface area contributed by atoms with Crippen LogP contribution in [-0.2, 0) is 21.5 Å². The number of carbonyl (C=O) groups excluding carboxylic acids is 2. The largest absolute Gasteiger partial charge is 0.497 e. The summed E-state index contributed by atoms with van der Waals surface area (Å²) >= 11 is 12.5. The molecule has 1 unspecified atom stereocenters. The van der Waals surface area contributed by atoms with Crippen molar-refractivity contribution in [1.82, 2.24) is 15.0 Å². The van der Waals surface area contributed by atoms with E-state index in [1.54, 1.807) is 60.2 Å². The zero-order chi connectivity index (χ0) is 28.2. The molecule has 2 amide bonds. The molecule has 0 radical (unpaired) electrons. The first kappa shape index (κ1) is 26.2. The summed E-state index contributed by atoms with van der Waals surface area (Å²) in [6, 6.07) is 17.8. The summed E-state index contributed by atoms with van der Waals surface area (Å²) in [5, 5.41) is 12.9. The SMILES string of the molecule is COc1cc(CN2C(=O)[C@]3(CC(=O)Nc4c3nnn4C(C)c3ccc(Cl)cc3)c3cc(Cl)ccc32)cc(OC)c1. The van der Waals surface area contributed by atoms with Gasteiger partial charge in [0.2, 0.25) is 11.8 Å². The van der Waals surface area contributed by atoms with E-state index in [-0.39, 0.29) is 30.8 Å². The molecule has 0 fully saturated rings. The van der Waals surface area contributed by atoms with Crippen molar-refractivity contribution in [3.63, 3.8) is 0 Å². The minimum Gasteiger partial charge on any atom is -0.497 e. The highest BCUT2D eigenvalue weighted by atomic mass is 35.5. The van der Waals surface area contributed by atoms with Crippen LogP contribution in [0.4, 0.5) is 11.5 Å². The molecule has 1 spiro atoms. The van der Waals surface area contributed by atoms with Gasteiger partial charge in [-0.2, -0.15) is 0 Å². The Morgan fingerprint density at radius 1 is 0.975 bits per heavy atom. The molecule has 0 saturated heterocycles. The van der Waals surface area contributed by atoms with E-state index < -0.39 is 5.41 Å². The van der Waals surface area contributed by atoms with Gasteiger partial charge in [0.15, 0.2) is 5.82 Å². The number of aromatic nitrogens is 3. The molecule has 2 aliphatic rings. The molecule has 0 saturated carbocycles. The fraction of sp³-hybridized carbons (Fsp3) is 0.241. The molecule has 2 atom stereocenters. The molecule has 0 aliphatic carbocycles. The van der Waals surface area contributed by atoms with Crippen LogP contribution in [0, 0.1) is 0 Å². The summed E-state index contributed by atoms with van der Waals surface area (Å²) in [4.78, 5) is 29.4. The number of benzene rings is 3. The van der Waals surface area contributed by atoms with E-state index in [2.05, 4.69) is 15.6 Å². The van der Waals surface area contributed by atoms with Crippen LogP contribution in [0.2, 0.25) is 10.0 Å². The minimum atomic E-state index is -1.39. The number of methoxy groups -OCH3 is 2. The molecule has 1 aromatic heterocycles. The summed E-state index contributed by atoms with van der Waals surface area (Å²) in [5.41, 5.74) is 1.97. The molecular formula is C29H25Cl2N5O4. The summed E-state index contributed by atoms with van der Waals surface area (Å²) in [6.07, 6.45) is -0.127. The van der Waals surface area contributed by atoms with E-state index in [0.29, 0.717) is 44.3 Å². The van der Waals surface area contributed by atoms with Gasteiger partial charge in [-0.25, -0.2) is 4.68 Å². The van der Waals surface area contributed by atoms with Crippen molar-refractivity contribution in [2.75, 3.05) is 24.4 Å². The molecule has 0 bridgehead atoms. The highest BCUT2D eigenvalue weighted by Crippen LogP contribution is 2.53. The van der Waals surface area contributed by atoms with Gasteiger partial charge in [0.25, 0.3) is 0 Å². The van der Waals surface area contributed by atoms with Gasteiger partial charge < -0.3 is 19.7 Å². The molecule has 204 valence electrons. The van der Waals surface area contributed by atoms with E-state index in [1.165, 1.54) is 0 Å². The average Bonchev–Trinajstić information content (AvgIpc) is 3.47. The van der Waals surface area contributed by atoms with E-state index >= 15 is 0 Å². The lowest BCUT2D eigenvalue weighted by atomic mass is 9.73. The van der Waals surface area contributed by atoms with Gasteiger partial charge in [-0.1, -0.05) is 40.5 Å². The first-order valence-electron chi connectivity index (χ1n) is 12.6. The number of hydrogen-bond acceptors (Lipinski definition) is 6. The molecule has 40 heavy (non-hydrogen) atoms. The molecule has 3 heterocycles. The topological polar surface area (TPSA) is 98.6 Å². The van der Waals surface area contributed by atoms with Crippen LogP contribution in [0.3, 0.4) is 0 Å². The van der Waals surface area contributed by atoms with Gasteiger partial charge in [0.1, 0.15) is 22.6 Å². The maximum Gasteiger partial charge on any atom is 0.244 e. The molecule has 6 rings (SSSR count). The van der Waals surface area contributed by atoms with Gasteiger partial charge in [-0.15, -0.1) is 5.10 Å². The molecule has 4 aromatic rings. The molecule has 11 heteroatoms. The van der Waals surface area contributed by atoms with Crippen molar-refractivity contribution < 1.29 is 19.1 Å². The Kier molecular flexibility index (Phi) is 6.43. The third-order valence-electron chi connectivity index (χ3n) is 7.57. The monoisotopic (exact) mass is 577 g/mol. The van der Waals surface area contributed by atoms with Crippen LogP contribution in [0.1, 0.15) is 41.8 Å². The third kappa shape index (κ3) is 4.08. The lowest BCUT2D eigenvalue weighted by Crippen LogP contribution is -2.47. The second-order valence-corrected chi connectivity index (χ2v) is 10.7. The van der Waals surface area contributed by atoms with E-state index in [9.17, 15) is 9.59 Å². The van der Waals surface area contributed by atoms with Crippen LogP contribution in [0.5, 0.6) is 11.5 Å². The first-order chi connectivity index (χ1) is 19.2. The molecule has 2 aliphatic heterocycles. The van der Waals surface area contributed by atoms with Crippen LogP contribution < -0.4 is 19.7 Å². The van der Waals surface area contributed by atoms with Gasteiger partial charge in [-0.05, 0) is 66.1 Å². The van der Waals surface area contributed by atoms with Gasteiger partial charge >= 0.3 is 0 Å². The quantitative estimate of drug-likeness (QED) is 0.330. The minimum absolute atomic E-state index is 0.127. The summed E-state index contributed by atoms with van der Waals surface area (Å²) < 4.78 is 12.5. The number of rotatable bonds is 6. The van der Waals surface area contributed by atoms with Gasteiger partial charge in [0, 0.05) is 21.8 Å². The van der Waals surface area contributed by atoms with Crippen LogP contribution in [0.25, 0.3) is 0 Å². The second kappa shape index (κ2) is 9.83. The zero-order valence-corrected chi connectivity index (χ0v) is 23.5. The van der Waals surface area contributed by atoms with Gasteiger partial charge in [0.05, 0.1) is 33.2 Å². The Morgan fingerprint density at radius 3 is 2.33 bits per heavy atom. The summed E-state index contributed by atoms with van der Waals surface area (Å²) in [6.45, 7) is 2.16. The summed E-state index contributed by atoms with van der Waals surface area (Å²) in [7, 11) is 3.14. The standard InChI is InChI=1S/C29H25Cl2N5O4/c1-16(18-4-6-19(30)7-5-18)36-27-26(33-34-36)29(14-25(37)32-27)23-12-20(31)8-9-24(23)35(28(29)38)15-17-10-21(39-2)13-22(11-17)40-3/h4-13,16H,14-15H2,1-3H3,(H,32,37)/t16?,29-/m1/s1. The predicted octanol–water partition coefficient (Wildman–Crippen LogP) is 5.39. The Hall–Kier alpha value is -4.08. The highest BCUT2D eigenvalue weighted by Gasteiger charge is 2.58. The smallest absolute Gasteiger partial charge is 0.244 e. The summed E-state index contributed by atoms with van der Waals surface area (Å²) in [5.74, 6) is 0.983. The number of nitrogens with zero attached hydrogens (tertiary/aromatic N) is 4. The Labute approximate surface area is 240 Å². The third-order valence-corrected chi connectivity index (χ3v) is 8.06. The number of carbonyl (C=O) groups is 2. The fourth-order valence-electron chi connectivity index (χ4n) is 5.59. The fourth-order valence-corrected chi connectivity index (χ4v) is 5.89. The second-order valence-electron chi connectivity index (χ2n) is 9.86. The lowest BCUT2D eigenvalue weighted by Gasteiger charge is -2.31. The number of fused-ring (bicyclic) bond motifs is 4. The predicted molar refractivity (Wildman–Crippen MR) is 152 cm³/mol. The van der Waals surface area contributed by atoms with Crippen molar-refractivity contribution in [3.8, 4) is 11.5 Å². The Morgan fingerprint density at radius 2 is 1.65 bits per heavy atom. The number of nitrogens with one attached hydrogen (secondary N) is 1. The Bertz CT molecular complexity index is 1630. The highest BCUT2D eigenvalue weighted by molar-refractivity contribution is 6.31. The van der Waals surface area contributed by atoms with Crippen molar-refractivity contribution in [2.45, 2.75) is 31.3 Å². The maximum atomic E-state index is 14.5. The average molecular weight is 578 g/mol. The van der Waals surface area contributed by atoms with Crippen LogP contribution >= 0.6 is 23.2 Å². The first-order valence-corrected chi connectivity index (χ1v) is 13.4. The van der Waals surface area contributed by atoms with Gasteiger partial charge in [-0.3, -0.25) is 9.59 Å². The number of anilines is 2. The van der Waals surface area contributed by atoms with Crippen molar-refractivity contribution in [3.05, 3.63) is 93.1 Å². The normalized spacial score (nSPS) is 18.4. The number of amides is 2. The van der Waals surface area contributed by atoms with E-state index in [0.717, 1.165) is 11.1 Å². The zero-order valence-electron chi connectivity index (χ0n) is 21.9. The van der Waals surface area contributed by atoms with E-state index in [1.807, 2.05) is 31.2 Å². The molecular weight excluding hydrogens is 553 g/mol. The van der Waals surface area contributed by atoms with Crippen LogP contribution in [-0.4, -0.2) is 41.0 Å². The molecule has 1 N–H and O–H groups in total. The lowest BCUT2D eigenvalue weighted by molar-refractivity contribution is -0.126. The van der Waals surface area contributed by atoms with Crippen molar-refractivity contribution in [2.24, 2.45) is 0 Å². The number of hydrogen-bond donors (Lipinski definition) is 1. The van der Waals surface area contributed by atoms with Crippen LogP contribution in [0.15, 0.2) is 60.7 Å².